The van der Waals surface area contributed by atoms with Gasteiger partial charge in [-0.3, -0.25) is 0 Å². The summed E-state index contributed by atoms with van der Waals surface area (Å²) in [5.74, 6) is -7.11. The Morgan fingerprint density at radius 1 is 0.941 bits per heavy atom. The van der Waals surface area contributed by atoms with Crippen molar-refractivity contribution in [3.8, 4) is 11.1 Å². The highest BCUT2D eigenvalue weighted by Crippen LogP contribution is 2.50. The van der Waals surface area contributed by atoms with Gasteiger partial charge in [-0.1, -0.05) is 48.5 Å². The average molecular weight is 489 g/mol. The highest BCUT2D eigenvalue weighted by atomic mass is 19.4. The Morgan fingerprint density at radius 3 is 1.97 bits per heavy atom. The van der Waals surface area contributed by atoms with Crippen LogP contribution in [0.2, 0.25) is 0 Å². The van der Waals surface area contributed by atoms with Crippen LogP contribution in [0.4, 0.5) is 31.1 Å². The fourth-order valence-electron chi connectivity index (χ4n) is 4.02. The molecule has 4 rings (SSSR count). The SMILES string of the molecule is O=C(NCCC1OC(C(F)(F)F)(C(F)(F)F)OC1=O)OCC1c2ccccc2-c2ccccc21. The van der Waals surface area contributed by atoms with Crippen molar-refractivity contribution in [2.75, 3.05) is 13.2 Å². The number of cyclic esters (lactones) is 1. The maximum Gasteiger partial charge on any atom is 0.465 e. The van der Waals surface area contributed by atoms with E-state index in [0.29, 0.717) is 0 Å². The third-order valence-electron chi connectivity index (χ3n) is 5.58. The molecule has 34 heavy (non-hydrogen) atoms. The molecule has 1 aliphatic carbocycles. The first kappa shape index (κ1) is 23.9. The molecule has 0 bridgehead atoms. The van der Waals surface area contributed by atoms with Gasteiger partial charge in [0.1, 0.15) is 6.61 Å². The lowest BCUT2D eigenvalue weighted by molar-refractivity contribution is -0.439. The molecule has 0 radical (unpaired) electrons. The smallest absolute Gasteiger partial charge is 0.449 e. The number of fused-ring (bicyclic) bond motifs is 3. The summed E-state index contributed by atoms with van der Waals surface area (Å²) in [5, 5.41) is 2.20. The van der Waals surface area contributed by atoms with Crippen LogP contribution in [0.3, 0.4) is 0 Å². The van der Waals surface area contributed by atoms with Gasteiger partial charge < -0.3 is 19.5 Å². The number of amides is 1. The molecule has 1 saturated heterocycles. The van der Waals surface area contributed by atoms with Crippen LogP contribution in [0.5, 0.6) is 0 Å². The number of rotatable bonds is 5. The minimum atomic E-state index is -6.03. The third-order valence-corrected chi connectivity index (χ3v) is 5.58. The van der Waals surface area contributed by atoms with Gasteiger partial charge in [0.2, 0.25) is 0 Å². The predicted molar refractivity (Wildman–Crippen MR) is 103 cm³/mol. The van der Waals surface area contributed by atoms with Gasteiger partial charge in [0.05, 0.1) is 0 Å². The minimum Gasteiger partial charge on any atom is -0.449 e. The standard InChI is InChI=1S/C22H17F6NO5/c23-21(24,25)20(22(26,27)28)33-17(18(30)34-20)9-10-29-19(31)32-11-16-14-7-3-1-5-12(14)13-6-2-4-8-15(13)16/h1-8,16-17H,9-11H2,(H,29,31). The van der Waals surface area contributed by atoms with E-state index < -0.39 is 49.3 Å². The first-order valence-electron chi connectivity index (χ1n) is 10.1. The van der Waals surface area contributed by atoms with E-state index in [2.05, 4.69) is 14.8 Å². The number of hydrogen-bond donors (Lipinski definition) is 1. The van der Waals surface area contributed by atoms with E-state index in [4.69, 9.17) is 4.74 Å². The zero-order valence-electron chi connectivity index (χ0n) is 17.2. The molecule has 1 atom stereocenters. The molecule has 1 aliphatic heterocycles. The number of alkyl carbamates (subject to hydrolysis) is 1. The first-order valence-corrected chi connectivity index (χ1v) is 10.1. The zero-order chi connectivity index (χ0) is 24.7. The van der Waals surface area contributed by atoms with Crippen LogP contribution in [0.1, 0.15) is 23.5 Å². The molecule has 0 saturated carbocycles. The molecule has 1 N–H and O–H groups in total. The lowest BCUT2D eigenvalue weighted by Crippen LogP contribution is -2.58. The lowest BCUT2D eigenvalue weighted by atomic mass is 9.98. The van der Waals surface area contributed by atoms with Gasteiger partial charge in [-0.2, -0.15) is 26.3 Å². The van der Waals surface area contributed by atoms with Crippen LogP contribution in [0.15, 0.2) is 48.5 Å². The van der Waals surface area contributed by atoms with Crippen molar-refractivity contribution in [3.63, 3.8) is 0 Å². The topological polar surface area (TPSA) is 73.9 Å². The molecular formula is C22H17F6NO5. The summed E-state index contributed by atoms with van der Waals surface area (Å²) in [4.78, 5) is 23.7. The van der Waals surface area contributed by atoms with Crippen LogP contribution in [0.25, 0.3) is 11.1 Å². The fourth-order valence-corrected chi connectivity index (χ4v) is 4.02. The molecule has 182 valence electrons. The number of carbonyl (C=O) groups excluding carboxylic acids is 2. The molecule has 2 aliphatic rings. The summed E-state index contributed by atoms with van der Waals surface area (Å²) in [5.41, 5.74) is 3.91. The molecule has 1 amide bonds. The van der Waals surface area contributed by atoms with Gasteiger partial charge in [-0.25, -0.2) is 9.59 Å². The van der Waals surface area contributed by atoms with Crippen molar-refractivity contribution in [2.45, 2.75) is 36.6 Å². The highest BCUT2D eigenvalue weighted by molar-refractivity contribution is 5.79. The number of hydrogen-bond acceptors (Lipinski definition) is 5. The number of ether oxygens (including phenoxy) is 3. The molecule has 6 nitrogen and oxygen atoms in total. The molecule has 12 heteroatoms. The summed E-state index contributed by atoms with van der Waals surface area (Å²) in [6, 6.07) is 15.1. The second kappa shape index (κ2) is 8.49. The first-order chi connectivity index (χ1) is 15.9. The van der Waals surface area contributed by atoms with E-state index in [9.17, 15) is 35.9 Å². The third kappa shape index (κ3) is 4.06. The Labute approximate surface area is 188 Å². The summed E-state index contributed by atoms with van der Waals surface area (Å²) in [6.07, 6.45) is -15.9. The Morgan fingerprint density at radius 2 is 1.47 bits per heavy atom. The van der Waals surface area contributed by atoms with E-state index in [1.807, 2.05) is 48.5 Å². The van der Waals surface area contributed by atoms with Gasteiger partial charge in [0, 0.05) is 18.9 Å². The van der Waals surface area contributed by atoms with Crippen molar-refractivity contribution < 1.29 is 50.1 Å². The Hall–Kier alpha value is -3.28. The number of halogens is 6. The van der Waals surface area contributed by atoms with Crippen molar-refractivity contribution in [1.29, 1.82) is 0 Å². The van der Waals surface area contributed by atoms with Gasteiger partial charge in [0.15, 0.2) is 6.10 Å². The van der Waals surface area contributed by atoms with E-state index in [-0.39, 0.29) is 12.5 Å². The van der Waals surface area contributed by atoms with Crippen LogP contribution in [0, 0.1) is 0 Å². The number of alkyl halides is 6. The summed E-state index contributed by atoms with van der Waals surface area (Å²) in [6.45, 7) is -0.532. The van der Waals surface area contributed by atoms with Crippen molar-refractivity contribution >= 4 is 12.1 Å². The lowest BCUT2D eigenvalue weighted by Gasteiger charge is -2.30. The Balaban J connectivity index is 1.32. The number of nitrogens with one attached hydrogen (secondary N) is 1. The Kier molecular flexibility index (Phi) is 5.96. The molecule has 2 aromatic rings. The minimum absolute atomic E-state index is 0.0485. The van der Waals surface area contributed by atoms with Gasteiger partial charge in [-0.15, -0.1) is 0 Å². The number of esters is 1. The van der Waals surface area contributed by atoms with Gasteiger partial charge in [0.25, 0.3) is 0 Å². The molecule has 1 unspecified atom stereocenters. The highest BCUT2D eigenvalue weighted by Gasteiger charge is 2.80. The largest absolute Gasteiger partial charge is 0.465 e. The van der Waals surface area contributed by atoms with Crippen LogP contribution < -0.4 is 5.32 Å². The molecule has 1 fully saturated rings. The van der Waals surface area contributed by atoms with Gasteiger partial charge in [-0.05, 0) is 22.3 Å². The normalized spacial score (nSPS) is 19.4. The summed E-state index contributed by atoms with van der Waals surface area (Å²) in [7, 11) is 0. The summed E-state index contributed by atoms with van der Waals surface area (Å²) < 4.78 is 90.5. The molecule has 0 spiro atoms. The zero-order valence-corrected chi connectivity index (χ0v) is 17.2. The van der Waals surface area contributed by atoms with E-state index in [1.54, 1.807) is 0 Å². The number of benzene rings is 2. The second-order valence-electron chi connectivity index (χ2n) is 7.68. The van der Waals surface area contributed by atoms with Crippen molar-refractivity contribution in [1.82, 2.24) is 5.32 Å². The van der Waals surface area contributed by atoms with Crippen molar-refractivity contribution in [3.05, 3.63) is 59.7 Å². The van der Waals surface area contributed by atoms with E-state index in [1.165, 1.54) is 0 Å². The maximum absolute atomic E-state index is 13.0. The predicted octanol–water partition coefficient (Wildman–Crippen LogP) is 4.68. The maximum atomic E-state index is 13.0. The van der Waals surface area contributed by atoms with Gasteiger partial charge >= 0.3 is 30.2 Å². The summed E-state index contributed by atoms with van der Waals surface area (Å²) >= 11 is 0. The average Bonchev–Trinajstić information content (AvgIpc) is 3.28. The van der Waals surface area contributed by atoms with Crippen LogP contribution in [-0.4, -0.2) is 49.5 Å². The molecule has 2 aromatic carbocycles. The van der Waals surface area contributed by atoms with E-state index in [0.717, 1.165) is 22.3 Å². The monoisotopic (exact) mass is 489 g/mol. The fraction of sp³-hybridized carbons (Fsp3) is 0.364. The quantitative estimate of drug-likeness (QED) is 0.488. The molecule has 1 heterocycles. The van der Waals surface area contributed by atoms with Crippen LogP contribution >= 0.6 is 0 Å². The van der Waals surface area contributed by atoms with Crippen LogP contribution in [-0.2, 0) is 19.0 Å². The van der Waals surface area contributed by atoms with Crippen molar-refractivity contribution in [2.24, 2.45) is 0 Å². The molecular weight excluding hydrogens is 472 g/mol. The molecule has 0 aromatic heterocycles. The number of carbonyl (C=O) groups is 2. The second-order valence-corrected chi connectivity index (χ2v) is 7.68. The van der Waals surface area contributed by atoms with E-state index >= 15 is 0 Å². The Bertz CT molecular complexity index is 1040.